The van der Waals surface area contributed by atoms with Gasteiger partial charge in [0.25, 0.3) is 0 Å². The summed E-state index contributed by atoms with van der Waals surface area (Å²) >= 11 is 0. The number of carbonyl (C=O) groups is 3. The minimum atomic E-state index is -1.82. The molecular formula is C23H29N3O7. The van der Waals surface area contributed by atoms with Crippen LogP contribution in [-0.4, -0.2) is 79.9 Å². The van der Waals surface area contributed by atoms with E-state index in [1.165, 1.54) is 5.69 Å². The topological polar surface area (TPSA) is 129 Å². The summed E-state index contributed by atoms with van der Waals surface area (Å²) < 4.78 is 10.5. The van der Waals surface area contributed by atoms with Gasteiger partial charge in [0.15, 0.2) is 0 Å². The molecule has 33 heavy (non-hydrogen) atoms. The van der Waals surface area contributed by atoms with Crippen LogP contribution in [0.5, 0.6) is 11.5 Å². The van der Waals surface area contributed by atoms with Gasteiger partial charge in [-0.3, -0.25) is 9.69 Å². The van der Waals surface area contributed by atoms with Crippen LogP contribution in [-0.2, 0) is 14.4 Å². The normalized spacial score (nSPS) is 13.3. The lowest BCUT2D eigenvalue weighted by atomic mass is 10.2. The predicted molar refractivity (Wildman–Crippen MR) is 123 cm³/mol. The third-order valence-corrected chi connectivity index (χ3v) is 5.01. The van der Waals surface area contributed by atoms with E-state index < -0.39 is 11.9 Å². The highest BCUT2D eigenvalue weighted by atomic mass is 16.5. The van der Waals surface area contributed by atoms with Crippen molar-refractivity contribution in [1.82, 2.24) is 4.90 Å². The van der Waals surface area contributed by atoms with E-state index in [4.69, 9.17) is 29.3 Å². The fraction of sp³-hybridized carbons (Fsp3) is 0.348. The van der Waals surface area contributed by atoms with Crippen LogP contribution in [0.3, 0.4) is 0 Å². The average Bonchev–Trinajstić information content (AvgIpc) is 2.84. The summed E-state index contributed by atoms with van der Waals surface area (Å²) in [7, 11) is 3.19. The van der Waals surface area contributed by atoms with Gasteiger partial charge in [-0.25, -0.2) is 9.59 Å². The second kappa shape index (κ2) is 12.9. The molecule has 178 valence electrons. The van der Waals surface area contributed by atoms with Crippen LogP contribution in [0.25, 0.3) is 0 Å². The number of anilines is 2. The van der Waals surface area contributed by atoms with Crippen molar-refractivity contribution < 1.29 is 34.1 Å². The number of carboxylic acid groups (broad SMARTS) is 2. The smallest absolute Gasteiger partial charge is 0.414 e. The number of methoxy groups -OCH3 is 2. The van der Waals surface area contributed by atoms with Crippen molar-refractivity contribution in [2.24, 2.45) is 0 Å². The fourth-order valence-electron chi connectivity index (χ4n) is 3.25. The predicted octanol–water partition coefficient (Wildman–Crippen LogP) is 2.01. The van der Waals surface area contributed by atoms with Crippen LogP contribution < -0.4 is 19.7 Å². The SMILES string of the molecule is COc1ccc(OC)c(NC(=O)CCN2CCN(c3ccccc3)CC2)c1.O=C(O)C(=O)O. The number of carboxylic acids is 2. The molecule has 0 radical (unpaired) electrons. The summed E-state index contributed by atoms with van der Waals surface area (Å²) in [4.78, 5) is 35.3. The minimum Gasteiger partial charge on any atom is -0.497 e. The molecule has 10 nitrogen and oxygen atoms in total. The highest BCUT2D eigenvalue weighted by Crippen LogP contribution is 2.29. The van der Waals surface area contributed by atoms with Crippen LogP contribution in [0.1, 0.15) is 6.42 Å². The first-order valence-electron chi connectivity index (χ1n) is 10.3. The van der Waals surface area contributed by atoms with E-state index in [-0.39, 0.29) is 5.91 Å². The number of piperazine rings is 1. The van der Waals surface area contributed by atoms with E-state index in [1.807, 2.05) is 6.07 Å². The lowest BCUT2D eigenvalue weighted by molar-refractivity contribution is -0.159. The van der Waals surface area contributed by atoms with E-state index in [0.29, 0.717) is 23.6 Å². The van der Waals surface area contributed by atoms with Crippen LogP contribution >= 0.6 is 0 Å². The molecule has 1 amide bonds. The number of carbonyl (C=O) groups excluding carboxylic acids is 1. The lowest BCUT2D eigenvalue weighted by Gasteiger charge is -2.36. The number of ether oxygens (including phenoxy) is 2. The molecule has 0 aromatic heterocycles. The first-order valence-corrected chi connectivity index (χ1v) is 10.3. The van der Waals surface area contributed by atoms with Gasteiger partial charge in [-0.05, 0) is 24.3 Å². The van der Waals surface area contributed by atoms with Crippen molar-refractivity contribution >= 4 is 29.2 Å². The molecule has 2 aromatic rings. The molecular weight excluding hydrogens is 430 g/mol. The quantitative estimate of drug-likeness (QED) is 0.533. The van der Waals surface area contributed by atoms with Crippen LogP contribution in [0.2, 0.25) is 0 Å². The Balaban J connectivity index is 0.000000569. The standard InChI is InChI=1S/C21H27N3O3.C2H2O4/c1-26-18-8-9-20(27-2)19(16-18)22-21(25)10-11-23-12-14-24(15-13-23)17-6-4-3-5-7-17;3-1(4)2(5)6/h3-9,16H,10-15H2,1-2H3,(H,22,25);(H,3,4)(H,5,6). The first-order chi connectivity index (χ1) is 15.8. The summed E-state index contributed by atoms with van der Waals surface area (Å²) in [6.07, 6.45) is 0.450. The molecule has 2 aromatic carbocycles. The second-order valence-electron chi connectivity index (χ2n) is 7.14. The zero-order valence-corrected chi connectivity index (χ0v) is 18.7. The molecule has 0 unspecified atom stereocenters. The van der Waals surface area contributed by atoms with Gasteiger partial charge >= 0.3 is 11.9 Å². The van der Waals surface area contributed by atoms with Crippen molar-refractivity contribution in [2.75, 3.05) is 57.2 Å². The van der Waals surface area contributed by atoms with Gasteiger partial charge in [-0.1, -0.05) is 18.2 Å². The molecule has 0 atom stereocenters. The number of hydrogen-bond donors (Lipinski definition) is 3. The maximum atomic E-state index is 12.4. The van der Waals surface area contributed by atoms with Crippen LogP contribution in [0, 0.1) is 0 Å². The van der Waals surface area contributed by atoms with Crippen molar-refractivity contribution in [3.8, 4) is 11.5 Å². The third kappa shape index (κ3) is 8.34. The number of para-hydroxylation sites is 1. The number of hydrogen-bond acceptors (Lipinski definition) is 7. The zero-order valence-electron chi connectivity index (χ0n) is 18.7. The summed E-state index contributed by atoms with van der Waals surface area (Å²) in [6.45, 7) is 4.64. The largest absolute Gasteiger partial charge is 0.497 e. The molecule has 10 heteroatoms. The van der Waals surface area contributed by atoms with Gasteiger partial charge in [0.2, 0.25) is 5.91 Å². The Morgan fingerprint density at radius 2 is 1.55 bits per heavy atom. The third-order valence-electron chi connectivity index (χ3n) is 5.01. The molecule has 0 spiro atoms. The molecule has 0 bridgehead atoms. The molecule has 0 aliphatic carbocycles. The summed E-state index contributed by atoms with van der Waals surface area (Å²) in [5.41, 5.74) is 1.90. The number of amides is 1. The maximum Gasteiger partial charge on any atom is 0.414 e. The van der Waals surface area contributed by atoms with Gasteiger partial charge in [0.05, 0.1) is 19.9 Å². The van der Waals surface area contributed by atoms with Gasteiger partial charge in [-0.15, -0.1) is 0 Å². The van der Waals surface area contributed by atoms with Crippen molar-refractivity contribution in [2.45, 2.75) is 6.42 Å². The van der Waals surface area contributed by atoms with Gasteiger partial charge in [0.1, 0.15) is 11.5 Å². The van der Waals surface area contributed by atoms with Crippen LogP contribution in [0.15, 0.2) is 48.5 Å². The van der Waals surface area contributed by atoms with E-state index in [9.17, 15) is 4.79 Å². The summed E-state index contributed by atoms with van der Waals surface area (Å²) in [6, 6.07) is 15.8. The Morgan fingerprint density at radius 1 is 0.909 bits per heavy atom. The number of rotatable bonds is 7. The Bertz CT molecular complexity index is 917. The lowest BCUT2D eigenvalue weighted by Crippen LogP contribution is -2.47. The second-order valence-corrected chi connectivity index (χ2v) is 7.14. The molecule has 1 aliphatic heterocycles. The Hall–Kier alpha value is -3.79. The highest BCUT2D eigenvalue weighted by molar-refractivity contribution is 6.27. The van der Waals surface area contributed by atoms with Crippen molar-refractivity contribution in [3.05, 3.63) is 48.5 Å². The first kappa shape index (κ1) is 25.5. The Labute approximate surface area is 192 Å². The van der Waals surface area contributed by atoms with Gasteiger partial charge in [-0.2, -0.15) is 0 Å². The van der Waals surface area contributed by atoms with Crippen molar-refractivity contribution in [3.63, 3.8) is 0 Å². The van der Waals surface area contributed by atoms with E-state index in [1.54, 1.807) is 32.4 Å². The Kier molecular flexibility index (Phi) is 9.97. The molecule has 3 N–H and O–H groups in total. The highest BCUT2D eigenvalue weighted by Gasteiger charge is 2.18. The van der Waals surface area contributed by atoms with Crippen LogP contribution in [0.4, 0.5) is 11.4 Å². The summed E-state index contributed by atoms with van der Waals surface area (Å²) in [5, 5.41) is 17.7. The molecule has 0 saturated carbocycles. The molecule has 1 aliphatic rings. The monoisotopic (exact) mass is 459 g/mol. The zero-order chi connectivity index (χ0) is 24.2. The van der Waals surface area contributed by atoms with E-state index in [2.05, 4.69) is 39.4 Å². The maximum absolute atomic E-state index is 12.4. The van der Waals surface area contributed by atoms with E-state index >= 15 is 0 Å². The number of nitrogens with one attached hydrogen (secondary N) is 1. The summed E-state index contributed by atoms with van der Waals surface area (Å²) in [5.74, 6) is -2.36. The van der Waals surface area contributed by atoms with E-state index in [0.717, 1.165) is 32.7 Å². The molecule has 1 heterocycles. The average molecular weight is 459 g/mol. The minimum absolute atomic E-state index is 0.0213. The Morgan fingerprint density at radius 3 is 2.09 bits per heavy atom. The number of nitrogens with zero attached hydrogens (tertiary/aromatic N) is 2. The number of aliphatic carboxylic acids is 2. The van der Waals surface area contributed by atoms with Gasteiger partial charge in [0, 0.05) is 50.9 Å². The number of benzene rings is 2. The molecule has 1 fully saturated rings. The van der Waals surface area contributed by atoms with Crippen molar-refractivity contribution in [1.29, 1.82) is 0 Å². The molecule has 3 rings (SSSR count). The fourth-order valence-corrected chi connectivity index (χ4v) is 3.25. The molecule has 1 saturated heterocycles. The van der Waals surface area contributed by atoms with Gasteiger partial charge < -0.3 is 29.9 Å².